The summed E-state index contributed by atoms with van der Waals surface area (Å²) in [6, 6.07) is 10.5. The Kier molecular flexibility index (Phi) is 7.28. The minimum Gasteiger partial charge on any atom is -0.483 e. The number of rotatable bonds is 4. The second kappa shape index (κ2) is 9.92. The van der Waals surface area contributed by atoms with Gasteiger partial charge in [-0.3, -0.25) is 4.79 Å². The number of piperidine rings is 1. The maximum Gasteiger partial charge on any atom is 0.290 e. The van der Waals surface area contributed by atoms with Crippen LogP contribution in [-0.2, 0) is 9.53 Å². The molecule has 0 unspecified atom stereocenters. The van der Waals surface area contributed by atoms with Crippen LogP contribution >= 0.6 is 0 Å². The van der Waals surface area contributed by atoms with E-state index in [4.69, 9.17) is 24.6 Å². The molecule has 31 heavy (non-hydrogen) atoms. The monoisotopic (exact) mass is 424 g/mol. The van der Waals surface area contributed by atoms with E-state index in [0.29, 0.717) is 6.10 Å². The molecule has 0 atom stereocenters. The Labute approximate surface area is 183 Å². The number of hydrogen-bond donors (Lipinski definition) is 2. The lowest BCUT2D eigenvalue weighted by atomic mass is 9.98. The second-order valence-corrected chi connectivity index (χ2v) is 9.17. The van der Waals surface area contributed by atoms with Crippen LogP contribution in [0.3, 0.4) is 0 Å². The van der Waals surface area contributed by atoms with Crippen LogP contribution in [0.25, 0.3) is 22.4 Å². The van der Waals surface area contributed by atoms with E-state index in [1.165, 1.54) is 5.56 Å². The molecule has 2 N–H and O–H groups in total. The van der Waals surface area contributed by atoms with Gasteiger partial charge in [-0.25, -0.2) is 9.97 Å². The van der Waals surface area contributed by atoms with Gasteiger partial charge in [0.25, 0.3) is 6.47 Å². The molecule has 1 saturated heterocycles. The number of fused-ring (bicyclic) bond motifs is 1. The van der Waals surface area contributed by atoms with Crippen molar-refractivity contribution in [2.24, 2.45) is 5.41 Å². The highest BCUT2D eigenvalue weighted by Gasteiger charge is 2.22. The van der Waals surface area contributed by atoms with Crippen molar-refractivity contribution in [2.45, 2.75) is 46.6 Å². The number of aryl methyl sites for hydroxylation is 1. The topological polar surface area (TPSA) is 91.3 Å². The van der Waals surface area contributed by atoms with Crippen LogP contribution in [0.1, 0.15) is 39.2 Å². The zero-order valence-corrected chi connectivity index (χ0v) is 18.8. The Morgan fingerprint density at radius 3 is 2.55 bits per heavy atom. The molecule has 1 aromatic carbocycles. The van der Waals surface area contributed by atoms with E-state index in [2.05, 4.69) is 67.9 Å². The van der Waals surface area contributed by atoms with Gasteiger partial charge in [0.05, 0.1) is 23.7 Å². The summed E-state index contributed by atoms with van der Waals surface area (Å²) in [6.45, 7) is 11.3. The molecule has 0 spiro atoms. The van der Waals surface area contributed by atoms with Crippen LogP contribution in [0.2, 0.25) is 0 Å². The van der Waals surface area contributed by atoms with Crippen LogP contribution < -0.4 is 4.90 Å². The zero-order chi connectivity index (χ0) is 22.4. The number of imidazole rings is 1. The van der Waals surface area contributed by atoms with E-state index in [-0.39, 0.29) is 11.9 Å². The van der Waals surface area contributed by atoms with Crippen LogP contribution in [0.5, 0.6) is 0 Å². The van der Waals surface area contributed by atoms with Crippen LogP contribution in [0.4, 0.5) is 5.82 Å². The molecule has 3 heterocycles. The first-order valence-electron chi connectivity index (χ1n) is 10.7. The maximum atomic E-state index is 8.36. The minimum atomic E-state index is -0.250. The zero-order valence-electron chi connectivity index (χ0n) is 18.8. The Morgan fingerprint density at radius 1 is 1.23 bits per heavy atom. The van der Waals surface area contributed by atoms with Gasteiger partial charge in [-0.15, -0.1) is 0 Å². The van der Waals surface area contributed by atoms with Crippen molar-refractivity contribution in [2.75, 3.05) is 24.6 Å². The Bertz CT molecular complexity index is 984. The number of ether oxygens (including phenoxy) is 1. The molecule has 0 saturated carbocycles. The molecule has 0 radical (unpaired) electrons. The third-order valence-corrected chi connectivity index (χ3v) is 5.18. The van der Waals surface area contributed by atoms with E-state index >= 15 is 0 Å². The van der Waals surface area contributed by atoms with E-state index < -0.39 is 0 Å². The van der Waals surface area contributed by atoms with Crippen LogP contribution in [0.15, 0.2) is 36.5 Å². The summed E-state index contributed by atoms with van der Waals surface area (Å²) in [5.41, 5.74) is 4.52. The molecule has 2 aromatic heterocycles. The lowest BCUT2D eigenvalue weighted by molar-refractivity contribution is -0.122. The fraction of sp³-hybridized carbons (Fsp3) is 0.458. The Morgan fingerprint density at radius 2 is 1.94 bits per heavy atom. The van der Waals surface area contributed by atoms with Crippen molar-refractivity contribution < 1.29 is 14.6 Å². The smallest absolute Gasteiger partial charge is 0.290 e. The predicted molar refractivity (Wildman–Crippen MR) is 123 cm³/mol. The maximum absolute atomic E-state index is 8.36. The molecule has 166 valence electrons. The molecular weight excluding hydrogens is 392 g/mol. The number of H-pyrrole nitrogens is 1. The molecule has 1 aliphatic rings. The highest BCUT2D eigenvalue weighted by atomic mass is 16.5. The lowest BCUT2D eigenvalue weighted by Crippen LogP contribution is -2.38. The highest BCUT2D eigenvalue weighted by Crippen LogP contribution is 2.25. The van der Waals surface area contributed by atoms with Crippen molar-refractivity contribution in [3.63, 3.8) is 0 Å². The molecule has 1 fully saturated rings. The number of carbonyl (C=O) groups is 1. The van der Waals surface area contributed by atoms with E-state index in [1.54, 1.807) is 0 Å². The summed E-state index contributed by atoms with van der Waals surface area (Å²) >= 11 is 0. The quantitative estimate of drug-likeness (QED) is 0.592. The largest absolute Gasteiger partial charge is 0.483 e. The van der Waals surface area contributed by atoms with Crippen molar-refractivity contribution in [3.8, 4) is 11.4 Å². The number of nitrogens with one attached hydrogen (secondary N) is 1. The highest BCUT2D eigenvalue weighted by molar-refractivity contribution is 5.79. The molecule has 0 bridgehead atoms. The fourth-order valence-electron chi connectivity index (χ4n) is 3.59. The van der Waals surface area contributed by atoms with Gasteiger partial charge in [-0.05, 0) is 55.0 Å². The van der Waals surface area contributed by atoms with Crippen molar-refractivity contribution in [3.05, 3.63) is 42.1 Å². The van der Waals surface area contributed by atoms with Gasteiger partial charge < -0.3 is 19.7 Å². The SMILES string of the molecule is Cc1ccc2nc(-c3ccc(N4CCC(OCC(C)(C)C)CC4)nc3)[nH]c2c1.O=CO. The van der Waals surface area contributed by atoms with Gasteiger partial charge in [0.15, 0.2) is 0 Å². The number of aromatic nitrogens is 3. The third kappa shape index (κ3) is 6.28. The molecule has 3 aromatic rings. The number of carboxylic acid groups (broad SMARTS) is 1. The van der Waals surface area contributed by atoms with Crippen LogP contribution in [-0.4, -0.2) is 52.3 Å². The lowest BCUT2D eigenvalue weighted by Gasteiger charge is -2.34. The van der Waals surface area contributed by atoms with Gasteiger partial charge in [-0.1, -0.05) is 26.8 Å². The minimum absolute atomic E-state index is 0.226. The van der Waals surface area contributed by atoms with Gasteiger partial charge in [0, 0.05) is 24.8 Å². The fourth-order valence-corrected chi connectivity index (χ4v) is 3.59. The molecule has 0 amide bonds. The molecule has 0 aliphatic carbocycles. The summed E-state index contributed by atoms with van der Waals surface area (Å²) in [4.78, 5) is 23.5. The summed E-state index contributed by atoms with van der Waals surface area (Å²) in [7, 11) is 0. The predicted octanol–water partition coefficient (Wildman–Crippen LogP) is 4.67. The average Bonchev–Trinajstić information content (AvgIpc) is 3.16. The first kappa shape index (κ1) is 22.7. The van der Waals surface area contributed by atoms with Crippen LogP contribution in [0, 0.1) is 12.3 Å². The van der Waals surface area contributed by atoms with Gasteiger partial charge >= 0.3 is 0 Å². The third-order valence-electron chi connectivity index (χ3n) is 5.18. The van der Waals surface area contributed by atoms with E-state index in [0.717, 1.165) is 60.8 Å². The summed E-state index contributed by atoms with van der Waals surface area (Å²) in [5, 5.41) is 6.89. The average molecular weight is 425 g/mol. The number of nitrogens with zero attached hydrogens (tertiary/aromatic N) is 3. The van der Waals surface area contributed by atoms with Gasteiger partial charge in [0.2, 0.25) is 0 Å². The van der Waals surface area contributed by atoms with Gasteiger partial charge in [-0.2, -0.15) is 0 Å². The summed E-state index contributed by atoms with van der Waals surface area (Å²) in [5.74, 6) is 1.90. The number of hydrogen-bond acceptors (Lipinski definition) is 5. The number of benzene rings is 1. The molecular formula is C24H32N4O3. The van der Waals surface area contributed by atoms with Crippen molar-refractivity contribution >= 4 is 23.3 Å². The van der Waals surface area contributed by atoms with E-state index in [1.807, 2.05) is 6.20 Å². The molecule has 1 aliphatic heterocycles. The Balaban J connectivity index is 0.000000858. The molecule has 4 rings (SSSR count). The second-order valence-electron chi connectivity index (χ2n) is 9.17. The first-order valence-corrected chi connectivity index (χ1v) is 10.7. The van der Waals surface area contributed by atoms with E-state index in [9.17, 15) is 0 Å². The standard InChI is InChI=1S/C23H30N4O.CH2O2/c1-16-5-7-19-20(13-16)26-22(25-19)17-6-8-21(24-14-17)27-11-9-18(10-12-27)28-15-23(2,3)4;2-1-3/h5-8,13-14,18H,9-12,15H2,1-4H3,(H,25,26);1H,(H,2,3). The number of anilines is 1. The Hall–Kier alpha value is -2.93. The number of aromatic amines is 1. The summed E-state index contributed by atoms with van der Waals surface area (Å²) < 4.78 is 6.09. The van der Waals surface area contributed by atoms with Crippen molar-refractivity contribution in [1.82, 2.24) is 15.0 Å². The normalized spacial score (nSPS) is 14.9. The first-order chi connectivity index (χ1) is 14.8. The van der Waals surface area contributed by atoms with Crippen molar-refractivity contribution in [1.29, 1.82) is 0 Å². The summed E-state index contributed by atoms with van der Waals surface area (Å²) in [6.07, 6.45) is 4.40. The van der Waals surface area contributed by atoms with Gasteiger partial charge in [0.1, 0.15) is 11.6 Å². The number of pyridine rings is 1. The molecule has 7 heteroatoms. The molecule has 7 nitrogen and oxygen atoms in total.